The van der Waals surface area contributed by atoms with Gasteiger partial charge in [-0.3, -0.25) is 0 Å². The first-order valence-electron chi connectivity index (χ1n) is 3.23. The molecule has 70 valence electrons. The molecule has 0 aromatic heterocycles. The third kappa shape index (κ3) is 3.38. The van der Waals surface area contributed by atoms with Gasteiger partial charge in [-0.1, -0.05) is 23.8 Å². The average molecular weight is 250 g/mol. The first kappa shape index (κ1) is 11.2. The van der Waals surface area contributed by atoms with E-state index in [2.05, 4.69) is 11.7 Å². The molecule has 0 fully saturated rings. The van der Waals surface area contributed by atoms with Gasteiger partial charge in [-0.2, -0.15) is 0 Å². The molecule has 1 rings (SSSR count). The quantitative estimate of drug-likeness (QED) is 0.630. The fourth-order valence-corrected chi connectivity index (χ4v) is 3.75. The summed E-state index contributed by atoms with van der Waals surface area (Å²) >= 11 is 3.95. The van der Waals surface area contributed by atoms with Gasteiger partial charge in [0.2, 0.25) is 0 Å². The van der Waals surface area contributed by atoms with E-state index in [0.29, 0.717) is 5.56 Å². The summed E-state index contributed by atoms with van der Waals surface area (Å²) in [6, 6.07) is 6.91. The summed E-state index contributed by atoms with van der Waals surface area (Å²) in [5.41, 5.74) is 0.336. The van der Waals surface area contributed by atoms with Crippen LogP contribution in [0.1, 0.15) is 10.4 Å². The van der Waals surface area contributed by atoms with Crippen molar-refractivity contribution >= 4 is 48.1 Å². The van der Waals surface area contributed by atoms with Crippen LogP contribution in [0.4, 0.5) is 0 Å². The van der Waals surface area contributed by atoms with Crippen molar-refractivity contribution in [1.82, 2.24) is 0 Å². The largest absolute Gasteiger partial charge is 0.478 e. The lowest BCUT2D eigenvalue weighted by Crippen LogP contribution is -1.97. The molecule has 0 bridgehead atoms. The van der Waals surface area contributed by atoms with Crippen molar-refractivity contribution in [2.24, 2.45) is 0 Å². The number of thiol groups is 1. The number of carboxylic acids is 1. The lowest BCUT2D eigenvalue weighted by molar-refractivity contribution is 0.0693. The minimum atomic E-state index is -0.895. The summed E-state index contributed by atoms with van der Waals surface area (Å²) in [6.07, 6.45) is 0. The van der Waals surface area contributed by atoms with Crippen molar-refractivity contribution in [3.63, 3.8) is 0 Å². The molecule has 0 amide bonds. The summed E-state index contributed by atoms with van der Waals surface area (Å²) in [6.45, 7) is 0. The lowest BCUT2D eigenvalue weighted by atomic mass is 10.2. The summed E-state index contributed by atoms with van der Waals surface area (Å²) in [7, 11) is 4.12. The highest BCUT2D eigenvalue weighted by Crippen LogP contribution is 2.43. The Labute approximate surface area is 92.5 Å². The Morgan fingerprint density at radius 3 is 2.69 bits per heavy atom. The number of carboxylic acid groups (broad SMARTS) is 1. The highest BCUT2D eigenvalue weighted by Gasteiger charge is 2.08. The molecule has 0 aliphatic rings. The molecule has 6 heteroatoms. The van der Waals surface area contributed by atoms with Crippen molar-refractivity contribution in [1.29, 1.82) is 0 Å². The van der Waals surface area contributed by atoms with Crippen LogP contribution in [0.3, 0.4) is 0 Å². The monoisotopic (exact) mass is 250 g/mol. The molecule has 1 aromatic rings. The van der Waals surface area contributed by atoms with E-state index in [4.69, 9.17) is 5.11 Å². The van der Waals surface area contributed by atoms with E-state index in [9.17, 15) is 4.79 Å². The predicted molar refractivity (Wildman–Crippen MR) is 63.4 cm³/mol. The molecule has 0 aliphatic heterocycles. The molecule has 1 aromatic carbocycles. The van der Waals surface area contributed by atoms with Gasteiger partial charge in [0.25, 0.3) is 0 Å². The van der Waals surface area contributed by atoms with Crippen LogP contribution in [-0.2, 0) is 0 Å². The maximum atomic E-state index is 10.7. The minimum Gasteiger partial charge on any atom is -0.478 e. The second-order valence-electron chi connectivity index (χ2n) is 2.03. The van der Waals surface area contributed by atoms with Gasteiger partial charge in [0, 0.05) is 4.90 Å². The summed E-state index contributed by atoms with van der Waals surface area (Å²) in [5, 5.41) is 8.82. The maximum Gasteiger partial charge on any atom is 0.336 e. The van der Waals surface area contributed by atoms with E-state index >= 15 is 0 Å². The number of rotatable bonds is 4. The number of carbonyl (C=O) groups is 1. The van der Waals surface area contributed by atoms with E-state index in [1.165, 1.54) is 30.4 Å². The van der Waals surface area contributed by atoms with E-state index in [1.54, 1.807) is 18.2 Å². The predicted octanol–water partition coefficient (Wildman–Crippen LogP) is 3.62. The van der Waals surface area contributed by atoms with Crippen LogP contribution in [0.5, 0.6) is 0 Å². The van der Waals surface area contributed by atoms with E-state index < -0.39 is 5.97 Å². The second kappa shape index (κ2) is 5.74. The Bertz CT molecular complexity index is 302. The first-order valence-corrected chi connectivity index (χ1v) is 7.76. The summed E-state index contributed by atoms with van der Waals surface area (Å²) < 4.78 is 0. The van der Waals surface area contributed by atoms with Crippen LogP contribution in [0, 0.1) is 0 Å². The lowest BCUT2D eigenvalue weighted by Gasteiger charge is -2.01. The molecular formula is C7H6O2S4. The van der Waals surface area contributed by atoms with Crippen LogP contribution >= 0.6 is 42.1 Å². The van der Waals surface area contributed by atoms with Crippen molar-refractivity contribution in [2.45, 2.75) is 4.90 Å². The topological polar surface area (TPSA) is 37.3 Å². The van der Waals surface area contributed by atoms with Gasteiger partial charge in [-0.25, -0.2) is 4.79 Å². The molecule has 0 radical (unpaired) electrons. The van der Waals surface area contributed by atoms with Crippen molar-refractivity contribution in [3.8, 4) is 0 Å². The molecule has 0 heterocycles. The Morgan fingerprint density at radius 1 is 1.38 bits per heavy atom. The van der Waals surface area contributed by atoms with Gasteiger partial charge < -0.3 is 5.11 Å². The fourth-order valence-electron chi connectivity index (χ4n) is 0.768. The van der Waals surface area contributed by atoms with Crippen molar-refractivity contribution in [3.05, 3.63) is 29.8 Å². The molecule has 0 saturated heterocycles. The average Bonchev–Trinajstić information content (AvgIpc) is 2.15. The molecule has 0 unspecified atom stereocenters. The molecule has 0 saturated carbocycles. The SMILES string of the molecule is O=C(O)c1ccccc1SSSS. The molecule has 2 nitrogen and oxygen atoms in total. The third-order valence-corrected chi connectivity index (χ3v) is 5.66. The van der Waals surface area contributed by atoms with Crippen LogP contribution in [0.2, 0.25) is 0 Å². The van der Waals surface area contributed by atoms with Crippen LogP contribution < -0.4 is 0 Å². The minimum absolute atomic E-state index is 0.336. The molecule has 13 heavy (non-hydrogen) atoms. The zero-order valence-corrected chi connectivity index (χ0v) is 9.68. The number of hydrogen-bond donors (Lipinski definition) is 2. The van der Waals surface area contributed by atoms with Gasteiger partial charge in [0.05, 0.1) is 5.56 Å². The number of benzene rings is 1. The number of hydrogen-bond acceptors (Lipinski definition) is 5. The van der Waals surface area contributed by atoms with Crippen molar-refractivity contribution < 1.29 is 9.90 Å². The molecule has 1 N–H and O–H groups in total. The standard InChI is InChI=1S/C7H6O2S4/c8-7(9)5-3-1-2-4-6(5)11-13-12-10/h1-4,10H,(H,8,9). The highest BCUT2D eigenvalue weighted by atomic mass is 33.7. The van der Waals surface area contributed by atoms with Gasteiger partial charge in [-0.05, 0) is 42.6 Å². The number of aromatic carboxylic acids is 1. The van der Waals surface area contributed by atoms with E-state index in [0.717, 1.165) is 4.90 Å². The maximum absolute atomic E-state index is 10.7. The van der Waals surface area contributed by atoms with Gasteiger partial charge in [0.1, 0.15) is 0 Å². The third-order valence-electron chi connectivity index (χ3n) is 1.27. The normalized spacial score (nSPS) is 9.92. The summed E-state index contributed by atoms with van der Waals surface area (Å²) in [4.78, 5) is 11.5. The first-order chi connectivity index (χ1) is 6.25. The Kier molecular flexibility index (Phi) is 4.93. The van der Waals surface area contributed by atoms with Crippen LogP contribution in [-0.4, -0.2) is 11.1 Å². The van der Waals surface area contributed by atoms with Gasteiger partial charge in [-0.15, -0.1) is 0 Å². The second-order valence-corrected chi connectivity index (χ2v) is 6.84. The molecule has 0 atom stereocenters. The van der Waals surface area contributed by atoms with E-state index in [-0.39, 0.29) is 0 Å². The van der Waals surface area contributed by atoms with Crippen LogP contribution in [0.15, 0.2) is 29.2 Å². The smallest absolute Gasteiger partial charge is 0.336 e. The highest BCUT2D eigenvalue weighted by molar-refractivity contribution is 9.23. The Hall–Kier alpha value is 0.0900. The Balaban J connectivity index is 2.84. The van der Waals surface area contributed by atoms with Gasteiger partial charge in [0.15, 0.2) is 0 Å². The van der Waals surface area contributed by atoms with Gasteiger partial charge >= 0.3 is 5.97 Å². The Morgan fingerprint density at radius 2 is 2.08 bits per heavy atom. The zero-order valence-electron chi connectivity index (χ0n) is 6.34. The van der Waals surface area contributed by atoms with Crippen LogP contribution in [0.25, 0.3) is 0 Å². The van der Waals surface area contributed by atoms with E-state index in [1.807, 2.05) is 6.07 Å². The zero-order chi connectivity index (χ0) is 9.68. The molecule has 0 spiro atoms. The summed E-state index contributed by atoms with van der Waals surface area (Å²) in [5.74, 6) is -0.895. The molecular weight excluding hydrogens is 244 g/mol. The van der Waals surface area contributed by atoms with Crippen molar-refractivity contribution in [2.75, 3.05) is 0 Å². The fraction of sp³-hybridized carbons (Fsp3) is 0. The molecule has 0 aliphatic carbocycles.